The van der Waals surface area contributed by atoms with E-state index < -0.39 is 15.9 Å². The quantitative estimate of drug-likeness (QED) is 0.197. The first kappa shape index (κ1) is 26.8. The molecule has 0 aliphatic rings. The number of halogens is 3. The van der Waals surface area contributed by atoms with Gasteiger partial charge in [0.1, 0.15) is 11.5 Å². The Kier molecular flexibility index (Phi) is 7.68. The third-order valence-corrected chi connectivity index (χ3v) is 7.91. The second-order valence-electron chi connectivity index (χ2n) is 8.46. The van der Waals surface area contributed by atoms with E-state index in [1.165, 1.54) is 24.3 Å². The molecular weight excluding hydrogens is 579 g/mol. The molecule has 0 aliphatic carbocycles. The average Bonchev–Trinajstić information content (AvgIpc) is 2.91. The molecule has 6 nitrogen and oxygen atoms in total. The van der Waals surface area contributed by atoms with Gasteiger partial charge in [-0.25, -0.2) is 8.42 Å². The van der Waals surface area contributed by atoms with Gasteiger partial charge < -0.3 is 10.1 Å². The lowest BCUT2D eigenvalue weighted by molar-refractivity contribution is 0.102. The molecule has 2 N–H and O–H groups in total. The predicted octanol–water partition coefficient (Wildman–Crippen LogP) is 8.65. The van der Waals surface area contributed by atoms with Crippen molar-refractivity contribution in [3.8, 4) is 11.5 Å². The van der Waals surface area contributed by atoms with Crippen LogP contribution in [0.15, 0.2) is 108 Å². The SMILES string of the molecule is O=C(Nc1ccc(Oc2ccc(Cl)cc2)c(Cl)c1)c1cc2ccccc2cc1NS(=O)(=O)c1ccc(Cl)cc1. The van der Waals surface area contributed by atoms with Crippen LogP contribution in [0.2, 0.25) is 15.1 Å². The summed E-state index contributed by atoms with van der Waals surface area (Å²) in [7, 11) is -4.01. The molecule has 1 amide bonds. The predicted molar refractivity (Wildman–Crippen MR) is 157 cm³/mol. The number of anilines is 2. The minimum atomic E-state index is -4.01. The number of hydrogen-bond donors (Lipinski definition) is 2. The van der Waals surface area contributed by atoms with Gasteiger partial charge in [0.25, 0.3) is 15.9 Å². The number of hydrogen-bond acceptors (Lipinski definition) is 4. The highest BCUT2D eigenvalue weighted by molar-refractivity contribution is 7.92. The van der Waals surface area contributed by atoms with Crippen molar-refractivity contribution in [3.63, 3.8) is 0 Å². The second-order valence-corrected chi connectivity index (χ2v) is 11.4. The van der Waals surface area contributed by atoms with Crippen molar-refractivity contribution in [1.82, 2.24) is 0 Å². The summed E-state index contributed by atoms with van der Waals surface area (Å²) < 4.78 is 34.6. The third-order valence-electron chi connectivity index (χ3n) is 5.73. The Morgan fingerprint density at radius 2 is 1.33 bits per heavy atom. The van der Waals surface area contributed by atoms with Crippen LogP contribution in [0.4, 0.5) is 11.4 Å². The van der Waals surface area contributed by atoms with Crippen LogP contribution in [0.1, 0.15) is 10.4 Å². The molecular formula is C29H19Cl3N2O4S. The summed E-state index contributed by atoms with van der Waals surface area (Å²) in [5.74, 6) is 0.406. The Bertz CT molecular complexity index is 1790. The molecule has 0 atom stereocenters. The van der Waals surface area contributed by atoms with E-state index in [0.29, 0.717) is 27.2 Å². The molecule has 0 radical (unpaired) electrons. The van der Waals surface area contributed by atoms with Gasteiger partial charge >= 0.3 is 0 Å². The Hall–Kier alpha value is -3.75. The summed E-state index contributed by atoms with van der Waals surface area (Å²) in [5, 5.41) is 5.56. The lowest BCUT2D eigenvalue weighted by Crippen LogP contribution is -2.18. The molecule has 0 saturated carbocycles. The first-order valence-electron chi connectivity index (χ1n) is 11.5. The van der Waals surface area contributed by atoms with Crippen molar-refractivity contribution in [2.45, 2.75) is 4.90 Å². The van der Waals surface area contributed by atoms with Gasteiger partial charge in [0, 0.05) is 15.7 Å². The van der Waals surface area contributed by atoms with E-state index >= 15 is 0 Å². The van der Waals surface area contributed by atoms with E-state index in [2.05, 4.69) is 10.0 Å². The molecule has 0 aliphatic heterocycles. The molecule has 5 rings (SSSR count). The number of amides is 1. The molecule has 0 aromatic heterocycles. The normalized spacial score (nSPS) is 11.3. The van der Waals surface area contributed by atoms with E-state index in [0.717, 1.165) is 10.8 Å². The minimum absolute atomic E-state index is 0.00877. The summed E-state index contributed by atoms with van der Waals surface area (Å²) in [4.78, 5) is 13.4. The number of carbonyl (C=O) groups is 1. The number of carbonyl (C=O) groups excluding carboxylic acids is 1. The molecule has 196 valence electrons. The van der Waals surface area contributed by atoms with E-state index in [1.807, 2.05) is 24.3 Å². The maximum absolute atomic E-state index is 13.4. The van der Waals surface area contributed by atoms with Gasteiger partial charge in [-0.1, -0.05) is 59.1 Å². The van der Waals surface area contributed by atoms with E-state index in [9.17, 15) is 13.2 Å². The van der Waals surface area contributed by atoms with Crippen LogP contribution >= 0.6 is 34.8 Å². The number of ether oxygens (including phenoxy) is 1. The van der Waals surface area contributed by atoms with E-state index in [1.54, 1.807) is 54.6 Å². The number of fused-ring (bicyclic) bond motifs is 1. The first-order chi connectivity index (χ1) is 18.7. The maximum Gasteiger partial charge on any atom is 0.261 e. The zero-order valence-corrected chi connectivity index (χ0v) is 23.1. The van der Waals surface area contributed by atoms with Crippen LogP contribution in [0.5, 0.6) is 11.5 Å². The minimum Gasteiger partial charge on any atom is -0.456 e. The maximum atomic E-state index is 13.4. The fourth-order valence-corrected chi connectivity index (χ4v) is 5.36. The molecule has 5 aromatic carbocycles. The smallest absolute Gasteiger partial charge is 0.261 e. The summed E-state index contributed by atoms with van der Waals surface area (Å²) in [6.45, 7) is 0. The van der Waals surface area contributed by atoms with Crippen molar-refractivity contribution in [2.24, 2.45) is 0 Å². The van der Waals surface area contributed by atoms with Crippen molar-refractivity contribution < 1.29 is 17.9 Å². The average molecular weight is 598 g/mol. The number of sulfonamides is 1. The second kappa shape index (κ2) is 11.2. The first-order valence-corrected chi connectivity index (χ1v) is 14.2. The summed E-state index contributed by atoms with van der Waals surface area (Å²) in [6.07, 6.45) is 0. The Morgan fingerprint density at radius 1 is 0.718 bits per heavy atom. The highest BCUT2D eigenvalue weighted by atomic mass is 35.5. The molecule has 5 aromatic rings. The molecule has 39 heavy (non-hydrogen) atoms. The Morgan fingerprint density at radius 3 is 1.97 bits per heavy atom. The molecule has 0 unspecified atom stereocenters. The van der Waals surface area contributed by atoms with Gasteiger partial charge in [-0.3, -0.25) is 9.52 Å². The number of benzene rings is 5. The van der Waals surface area contributed by atoms with E-state index in [-0.39, 0.29) is 21.2 Å². The zero-order chi connectivity index (χ0) is 27.6. The largest absolute Gasteiger partial charge is 0.456 e. The fraction of sp³-hybridized carbons (Fsp3) is 0. The van der Waals surface area contributed by atoms with Gasteiger partial charge in [-0.15, -0.1) is 0 Å². The summed E-state index contributed by atoms with van der Waals surface area (Å²) in [5.41, 5.74) is 0.645. The van der Waals surface area contributed by atoms with Crippen molar-refractivity contribution in [1.29, 1.82) is 0 Å². The fourth-order valence-electron chi connectivity index (χ4n) is 3.82. The van der Waals surface area contributed by atoms with Gasteiger partial charge in [0.15, 0.2) is 0 Å². The Labute approximate surface area is 240 Å². The highest BCUT2D eigenvalue weighted by Gasteiger charge is 2.20. The highest BCUT2D eigenvalue weighted by Crippen LogP contribution is 2.33. The molecule has 0 saturated heterocycles. The molecule has 0 bridgehead atoms. The number of rotatable bonds is 7. The van der Waals surface area contributed by atoms with Crippen LogP contribution in [-0.2, 0) is 10.0 Å². The van der Waals surface area contributed by atoms with Gasteiger partial charge in [-0.05, 0) is 89.6 Å². The van der Waals surface area contributed by atoms with Gasteiger partial charge in [0.2, 0.25) is 0 Å². The van der Waals surface area contributed by atoms with E-state index in [4.69, 9.17) is 39.5 Å². The summed E-state index contributed by atoms with van der Waals surface area (Å²) >= 11 is 18.2. The summed E-state index contributed by atoms with van der Waals surface area (Å²) in [6, 6.07) is 27.9. The number of nitrogens with one attached hydrogen (secondary N) is 2. The van der Waals surface area contributed by atoms with Crippen LogP contribution < -0.4 is 14.8 Å². The monoisotopic (exact) mass is 596 g/mol. The topological polar surface area (TPSA) is 84.5 Å². The van der Waals surface area contributed by atoms with Crippen LogP contribution in [-0.4, -0.2) is 14.3 Å². The zero-order valence-electron chi connectivity index (χ0n) is 20.0. The molecule has 0 fully saturated rings. The lowest BCUT2D eigenvalue weighted by Gasteiger charge is -2.15. The van der Waals surface area contributed by atoms with Crippen LogP contribution in [0, 0.1) is 0 Å². The lowest BCUT2D eigenvalue weighted by atomic mass is 10.0. The standard InChI is InChI=1S/C29H19Cl3N2O4S/c30-20-5-10-23(11-6-20)38-28-14-9-22(17-26(28)32)33-29(35)25-15-18-3-1-2-4-19(18)16-27(25)34-39(36,37)24-12-7-21(31)8-13-24/h1-17,34H,(H,33,35). The molecule has 10 heteroatoms. The molecule has 0 spiro atoms. The van der Waals surface area contributed by atoms with Gasteiger partial charge in [0.05, 0.1) is 21.2 Å². The third kappa shape index (κ3) is 6.29. The van der Waals surface area contributed by atoms with Crippen molar-refractivity contribution in [3.05, 3.63) is 124 Å². The van der Waals surface area contributed by atoms with Crippen LogP contribution in [0.3, 0.4) is 0 Å². The van der Waals surface area contributed by atoms with Crippen LogP contribution in [0.25, 0.3) is 10.8 Å². The molecule has 0 heterocycles. The van der Waals surface area contributed by atoms with Gasteiger partial charge in [-0.2, -0.15) is 0 Å². The van der Waals surface area contributed by atoms with Crippen molar-refractivity contribution in [2.75, 3.05) is 10.0 Å². The van der Waals surface area contributed by atoms with Crippen molar-refractivity contribution >= 4 is 72.9 Å². The Balaban J connectivity index is 1.43.